The van der Waals surface area contributed by atoms with E-state index in [0.717, 1.165) is 16.5 Å². The number of ketones is 1. The highest BCUT2D eigenvalue weighted by Gasteiger charge is 2.21. The van der Waals surface area contributed by atoms with Crippen molar-refractivity contribution in [2.45, 2.75) is 17.3 Å². The van der Waals surface area contributed by atoms with Gasteiger partial charge >= 0.3 is 0 Å². The van der Waals surface area contributed by atoms with Crippen molar-refractivity contribution in [3.63, 3.8) is 0 Å². The van der Waals surface area contributed by atoms with Crippen LogP contribution in [0.1, 0.15) is 28.7 Å². The maximum atomic E-state index is 12.9. The van der Waals surface area contributed by atoms with Crippen molar-refractivity contribution in [2.24, 2.45) is 0 Å². The molecule has 0 aliphatic carbocycles. The van der Waals surface area contributed by atoms with Crippen LogP contribution >= 0.6 is 11.8 Å². The van der Waals surface area contributed by atoms with Crippen molar-refractivity contribution in [1.29, 1.82) is 0 Å². The van der Waals surface area contributed by atoms with Gasteiger partial charge in [0.2, 0.25) is 5.16 Å². The summed E-state index contributed by atoms with van der Waals surface area (Å²) in [5.74, 6) is 0.318. The lowest BCUT2D eigenvalue weighted by Gasteiger charge is -2.06. The number of fused-ring (bicyclic) bond motifs is 1. The number of carbonyl (C=O) groups is 1. The summed E-state index contributed by atoms with van der Waals surface area (Å²) in [6.45, 7) is 1.85. The summed E-state index contributed by atoms with van der Waals surface area (Å²) in [6, 6.07) is 13.9. The van der Waals surface area contributed by atoms with E-state index in [1.54, 1.807) is 24.4 Å². The molecule has 0 radical (unpaired) electrons. The van der Waals surface area contributed by atoms with E-state index < -0.39 is 0 Å². The summed E-state index contributed by atoms with van der Waals surface area (Å²) in [5, 5.41) is 8.08. The highest BCUT2D eigenvalue weighted by Crippen LogP contribution is 2.26. The first-order valence-corrected chi connectivity index (χ1v) is 9.61. The van der Waals surface area contributed by atoms with Crippen molar-refractivity contribution in [2.75, 3.05) is 0 Å². The van der Waals surface area contributed by atoms with Crippen LogP contribution in [0.25, 0.3) is 23.1 Å². The van der Waals surface area contributed by atoms with Crippen LogP contribution in [-0.4, -0.2) is 31.2 Å². The van der Waals surface area contributed by atoms with E-state index in [4.69, 9.17) is 0 Å². The molecule has 4 rings (SSSR count). The van der Waals surface area contributed by atoms with Gasteiger partial charge in [0.25, 0.3) is 0 Å². The van der Waals surface area contributed by atoms with Gasteiger partial charge in [-0.3, -0.25) is 9.89 Å². The standard InChI is InChI=1S/C21H17FN4OS/c1-13(20(27)17-12-23-18-5-3-2-4-16(17)18)28-21-24-19(25-26-21)11-8-14-6-9-15(22)10-7-14/h2-13,23H,1H3,(H,24,25,26)/b11-8+. The number of halogens is 1. The molecular weight excluding hydrogens is 375 g/mol. The molecule has 0 saturated carbocycles. The van der Waals surface area contributed by atoms with Crippen LogP contribution in [0.4, 0.5) is 4.39 Å². The lowest BCUT2D eigenvalue weighted by atomic mass is 10.1. The van der Waals surface area contributed by atoms with Gasteiger partial charge in [-0.05, 0) is 36.8 Å². The fourth-order valence-electron chi connectivity index (χ4n) is 2.84. The van der Waals surface area contributed by atoms with Crippen molar-refractivity contribution >= 4 is 40.6 Å². The zero-order valence-electron chi connectivity index (χ0n) is 15.0. The number of nitrogens with one attached hydrogen (secondary N) is 2. The first-order chi connectivity index (χ1) is 13.6. The Bertz CT molecular complexity index is 1150. The molecule has 0 aliphatic rings. The van der Waals surface area contributed by atoms with Crippen LogP contribution in [0.3, 0.4) is 0 Å². The average Bonchev–Trinajstić information content (AvgIpc) is 3.34. The Morgan fingerprint density at radius 3 is 2.75 bits per heavy atom. The zero-order chi connectivity index (χ0) is 19.5. The van der Waals surface area contributed by atoms with Gasteiger partial charge < -0.3 is 4.98 Å². The number of aromatic nitrogens is 4. The Kier molecular flexibility index (Phi) is 5.08. The maximum Gasteiger partial charge on any atom is 0.209 e. The lowest BCUT2D eigenvalue weighted by molar-refractivity contribution is 0.0995. The number of Topliss-reactive ketones (excluding diaryl/α,β-unsaturated/α-hetero) is 1. The van der Waals surface area contributed by atoms with E-state index in [-0.39, 0.29) is 16.9 Å². The van der Waals surface area contributed by atoms with Crippen LogP contribution < -0.4 is 0 Å². The van der Waals surface area contributed by atoms with E-state index in [0.29, 0.717) is 16.5 Å². The number of para-hydroxylation sites is 1. The largest absolute Gasteiger partial charge is 0.360 e. The molecule has 0 bridgehead atoms. The molecule has 0 saturated heterocycles. The van der Waals surface area contributed by atoms with E-state index in [1.807, 2.05) is 37.3 Å². The predicted octanol–water partition coefficient (Wildman–Crippen LogP) is 4.96. The number of rotatable bonds is 6. The summed E-state index contributed by atoms with van der Waals surface area (Å²) in [5.41, 5.74) is 2.46. The molecule has 2 aromatic carbocycles. The van der Waals surface area contributed by atoms with Crippen LogP contribution in [0, 0.1) is 5.82 Å². The number of H-pyrrole nitrogens is 2. The van der Waals surface area contributed by atoms with E-state index in [9.17, 15) is 9.18 Å². The Labute approximate surface area is 165 Å². The zero-order valence-corrected chi connectivity index (χ0v) is 15.8. The number of carbonyl (C=O) groups excluding carboxylic acids is 1. The van der Waals surface area contributed by atoms with Crippen molar-refractivity contribution in [3.8, 4) is 0 Å². The normalized spacial score (nSPS) is 12.6. The SMILES string of the molecule is CC(Sc1n[nH]c(/C=C/c2ccc(F)cc2)n1)C(=O)c1c[nH]c2ccccc12. The topological polar surface area (TPSA) is 74.4 Å². The summed E-state index contributed by atoms with van der Waals surface area (Å²) in [7, 11) is 0. The third-order valence-corrected chi connectivity index (χ3v) is 5.25. The second-order valence-electron chi connectivity index (χ2n) is 6.26. The molecule has 1 unspecified atom stereocenters. The molecule has 0 spiro atoms. The van der Waals surface area contributed by atoms with Gasteiger partial charge in [-0.1, -0.05) is 48.2 Å². The molecule has 2 heterocycles. The smallest absolute Gasteiger partial charge is 0.209 e. The van der Waals surface area contributed by atoms with Crippen LogP contribution in [0.2, 0.25) is 0 Å². The Morgan fingerprint density at radius 2 is 1.93 bits per heavy atom. The van der Waals surface area contributed by atoms with E-state index in [1.165, 1.54) is 23.9 Å². The fraction of sp³-hybridized carbons (Fsp3) is 0.0952. The summed E-state index contributed by atoms with van der Waals surface area (Å²) in [4.78, 5) is 20.3. The van der Waals surface area contributed by atoms with Crippen molar-refractivity contribution < 1.29 is 9.18 Å². The minimum atomic E-state index is -0.330. The molecule has 0 amide bonds. The van der Waals surface area contributed by atoms with Gasteiger partial charge in [-0.15, -0.1) is 5.10 Å². The number of hydrogen-bond donors (Lipinski definition) is 2. The van der Waals surface area contributed by atoms with Gasteiger partial charge in [-0.25, -0.2) is 9.37 Å². The number of nitrogens with zero attached hydrogens (tertiary/aromatic N) is 2. The Morgan fingerprint density at radius 1 is 1.14 bits per heavy atom. The molecule has 0 fully saturated rings. The van der Waals surface area contributed by atoms with Gasteiger partial charge in [0, 0.05) is 22.7 Å². The van der Waals surface area contributed by atoms with Crippen LogP contribution in [0.5, 0.6) is 0 Å². The van der Waals surface area contributed by atoms with Crippen LogP contribution in [-0.2, 0) is 0 Å². The number of hydrogen-bond acceptors (Lipinski definition) is 4. The van der Waals surface area contributed by atoms with Gasteiger partial charge in [0.1, 0.15) is 11.6 Å². The molecule has 4 aromatic rings. The number of aromatic amines is 2. The molecule has 7 heteroatoms. The molecule has 140 valence electrons. The first kappa shape index (κ1) is 18.2. The van der Waals surface area contributed by atoms with Crippen molar-refractivity contribution in [3.05, 3.63) is 77.5 Å². The van der Waals surface area contributed by atoms with Crippen molar-refractivity contribution in [1.82, 2.24) is 20.2 Å². The molecule has 1 atom stereocenters. The Balaban J connectivity index is 1.44. The van der Waals surface area contributed by atoms with Gasteiger partial charge in [-0.2, -0.15) is 0 Å². The molecule has 5 nitrogen and oxygen atoms in total. The minimum Gasteiger partial charge on any atom is -0.360 e. The molecule has 28 heavy (non-hydrogen) atoms. The highest BCUT2D eigenvalue weighted by atomic mass is 32.2. The van der Waals surface area contributed by atoms with Crippen LogP contribution in [0.15, 0.2) is 59.9 Å². The number of benzene rings is 2. The number of thioether (sulfide) groups is 1. The van der Waals surface area contributed by atoms with Gasteiger partial charge in [0.05, 0.1) is 5.25 Å². The summed E-state index contributed by atoms with van der Waals surface area (Å²) in [6.07, 6.45) is 5.32. The minimum absolute atomic E-state index is 0.0238. The van der Waals surface area contributed by atoms with E-state index in [2.05, 4.69) is 20.2 Å². The maximum absolute atomic E-state index is 12.9. The molecule has 2 aromatic heterocycles. The lowest BCUT2D eigenvalue weighted by Crippen LogP contribution is -2.13. The fourth-order valence-corrected chi connectivity index (χ4v) is 3.64. The third kappa shape index (κ3) is 3.89. The second kappa shape index (κ2) is 7.82. The quantitative estimate of drug-likeness (QED) is 0.359. The monoisotopic (exact) mass is 392 g/mol. The summed E-state index contributed by atoms with van der Waals surface area (Å²) >= 11 is 1.30. The molecular formula is C21H17FN4OS. The average molecular weight is 392 g/mol. The summed E-state index contributed by atoms with van der Waals surface area (Å²) < 4.78 is 12.9. The van der Waals surface area contributed by atoms with E-state index >= 15 is 0 Å². The predicted molar refractivity (Wildman–Crippen MR) is 110 cm³/mol. The second-order valence-corrected chi connectivity index (χ2v) is 7.57. The molecule has 0 aliphatic heterocycles. The third-order valence-electron chi connectivity index (χ3n) is 4.29. The first-order valence-electron chi connectivity index (χ1n) is 8.73. The molecule has 2 N–H and O–H groups in total. The Hall–Kier alpha value is -3.19. The van der Waals surface area contributed by atoms with Gasteiger partial charge in [0.15, 0.2) is 5.78 Å². The highest BCUT2D eigenvalue weighted by molar-refractivity contribution is 8.00.